The molecule has 0 radical (unpaired) electrons. The van der Waals surface area contributed by atoms with Crippen LogP contribution >= 0.6 is 23.2 Å². The van der Waals surface area contributed by atoms with Crippen molar-refractivity contribution < 1.29 is 13.6 Å². The number of aromatic nitrogens is 4. The van der Waals surface area contributed by atoms with Crippen LogP contribution in [0.5, 0.6) is 0 Å². The summed E-state index contributed by atoms with van der Waals surface area (Å²) in [6, 6.07) is 10.9. The topological polar surface area (TPSA) is 112 Å². The zero-order valence-corrected chi connectivity index (χ0v) is 17.6. The van der Waals surface area contributed by atoms with Gasteiger partial charge in [-0.3, -0.25) is 4.79 Å². The van der Waals surface area contributed by atoms with Gasteiger partial charge in [-0.25, -0.2) is 14.1 Å². The van der Waals surface area contributed by atoms with Gasteiger partial charge in [0.05, 0.1) is 11.6 Å². The molecular weight excluding hydrogens is 446 g/mol. The molecule has 31 heavy (non-hydrogen) atoms. The van der Waals surface area contributed by atoms with Crippen LogP contribution in [0.2, 0.25) is 10.0 Å². The van der Waals surface area contributed by atoms with Crippen molar-refractivity contribution >= 4 is 40.6 Å². The number of nitrogens with one attached hydrogen (secondary N) is 1. The molecule has 0 aliphatic rings. The van der Waals surface area contributed by atoms with Crippen LogP contribution in [0.15, 0.2) is 46.9 Å². The molecule has 2 heterocycles. The molecule has 0 bridgehead atoms. The number of benzene rings is 2. The minimum atomic E-state index is -0.608. The Hall–Kier alpha value is -3.43. The minimum Gasteiger partial charge on any atom is -0.441 e. The quantitative estimate of drug-likeness (QED) is 0.450. The van der Waals surface area contributed by atoms with Crippen LogP contribution in [0.1, 0.15) is 21.9 Å². The van der Waals surface area contributed by atoms with E-state index in [1.807, 2.05) is 6.07 Å². The Balaban J connectivity index is 1.53. The third kappa shape index (κ3) is 4.37. The number of hydrogen-bond acceptors (Lipinski definition) is 6. The van der Waals surface area contributed by atoms with E-state index in [1.165, 1.54) is 16.8 Å². The fourth-order valence-electron chi connectivity index (χ4n) is 2.82. The van der Waals surface area contributed by atoms with Crippen LogP contribution in [-0.2, 0) is 6.54 Å². The summed E-state index contributed by atoms with van der Waals surface area (Å²) < 4.78 is 20.3. The highest BCUT2D eigenvalue weighted by atomic mass is 35.5. The van der Waals surface area contributed by atoms with Crippen molar-refractivity contribution in [2.45, 2.75) is 13.5 Å². The number of halogens is 3. The Morgan fingerprint density at radius 3 is 2.81 bits per heavy atom. The largest absolute Gasteiger partial charge is 0.441 e. The van der Waals surface area contributed by atoms with Crippen LogP contribution in [-0.4, -0.2) is 25.9 Å². The van der Waals surface area contributed by atoms with E-state index in [0.29, 0.717) is 28.1 Å². The fourth-order valence-corrected chi connectivity index (χ4v) is 3.20. The zero-order valence-electron chi connectivity index (χ0n) is 16.1. The van der Waals surface area contributed by atoms with E-state index in [1.54, 1.807) is 25.1 Å². The maximum absolute atomic E-state index is 13.3. The minimum absolute atomic E-state index is 0.0393. The lowest BCUT2D eigenvalue weighted by atomic mass is 10.2. The van der Waals surface area contributed by atoms with Crippen LogP contribution in [0.3, 0.4) is 0 Å². The molecule has 0 saturated carbocycles. The predicted octanol–water partition coefficient (Wildman–Crippen LogP) is 4.57. The first-order valence-electron chi connectivity index (χ1n) is 8.99. The Kier molecular flexibility index (Phi) is 5.62. The van der Waals surface area contributed by atoms with Crippen LogP contribution < -0.4 is 11.1 Å². The molecule has 4 rings (SSSR count). The zero-order chi connectivity index (χ0) is 22.1. The summed E-state index contributed by atoms with van der Waals surface area (Å²) in [6.45, 7) is 1.90. The summed E-state index contributed by atoms with van der Waals surface area (Å²) in [6.07, 6.45) is 0. The lowest BCUT2D eigenvalue weighted by Crippen LogP contribution is -2.15. The van der Waals surface area contributed by atoms with Crippen molar-refractivity contribution in [2.24, 2.45) is 0 Å². The molecule has 158 valence electrons. The van der Waals surface area contributed by atoms with Gasteiger partial charge in [-0.05, 0) is 43.3 Å². The number of nitrogens with two attached hydrogens (primary N) is 1. The lowest BCUT2D eigenvalue weighted by Gasteiger charge is -2.05. The molecule has 0 unspecified atom stereocenters. The molecule has 0 atom stereocenters. The van der Waals surface area contributed by atoms with E-state index in [2.05, 4.69) is 20.6 Å². The number of carbonyl (C=O) groups is 1. The summed E-state index contributed by atoms with van der Waals surface area (Å²) in [5.74, 6) is -0.192. The van der Waals surface area contributed by atoms with Crippen molar-refractivity contribution in [3.8, 4) is 11.5 Å². The molecule has 4 aromatic rings. The lowest BCUT2D eigenvalue weighted by molar-refractivity contribution is 0.102. The van der Waals surface area contributed by atoms with E-state index in [-0.39, 0.29) is 23.1 Å². The summed E-state index contributed by atoms with van der Waals surface area (Å²) in [5.41, 5.74) is 7.57. The average molecular weight is 461 g/mol. The van der Waals surface area contributed by atoms with E-state index in [0.717, 1.165) is 11.6 Å². The van der Waals surface area contributed by atoms with Gasteiger partial charge in [-0.15, -0.1) is 5.10 Å². The third-order valence-corrected chi connectivity index (χ3v) is 4.95. The number of nitrogens with zero attached hydrogens (tertiary/aromatic N) is 4. The van der Waals surface area contributed by atoms with Gasteiger partial charge >= 0.3 is 0 Å². The SMILES string of the molecule is Cc1oc(-c2cccc(Cl)c2)nc1Cn1nnc(C(=O)Nc2ccc(F)c(Cl)c2)c1N. The number of amides is 1. The molecule has 0 spiro atoms. The molecule has 8 nitrogen and oxygen atoms in total. The number of aryl methyl sites for hydroxylation is 1. The highest BCUT2D eigenvalue weighted by Gasteiger charge is 2.20. The van der Waals surface area contributed by atoms with Gasteiger partial charge in [0.2, 0.25) is 5.89 Å². The number of oxazole rings is 1. The molecule has 2 aromatic heterocycles. The Labute approximate surface area is 185 Å². The first kappa shape index (κ1) is 20.8. The number of carbonyl (C=O) groups excluding carboxylic acids is 1. The second-order valence-corrected chi connectivity index (χ2v) is 7.44. The van der Waals surface area contributed by atoms with E-state index in [9.17, 15) is 9.18 Å². The monoisotopic (exact) mass is 460 g/mol. The number of anilines is 2. The molecule has 0 saturated heterocycles. The second-order valence-electron chi connectivity index (χ2n) is 6.60. The van der Waals surface area contributed by atoms with E-state index < -0.39 is 11.7 Å². The normalized spacial score (nSPS) is 11.0. The van der Waals surface area contributed by atoms with E-state index >= 15 is 0 Å². The summed E-state index contributed by atoms with van der Waals surface area (Å²) in [5, 5.41) is 10.8. The van der Waals surface area contributed by atoms with Gasteiger partial charge in [0.15, 0.2) is 11.5 Å². The molecule has 0 aliphatic carbocycles. The van der Waals surface area contributed by atoms with E-state index in [4.69, 9.17) is 33.4 Å². The maximum atomic E-state index is 13.3. The standard InChI is InChI=1S/C20H15Cl2FN6O2/c1-10-16(26-20(31-10)11-3-2-4-12(21)7-11)9-29-18(24)17(27-28-29)19(30)25-13-5-6-15(23)14(22)8-13/h2-8H,9,24H2,1H3,(H,25,30). The van der Waals surface area contributed by atoms with Gasteiger partial charge in [-0.1, -0.05) is 34.5 Å². The molecule has 2 aromatic carbocycles. The summed E-state index contributed by atoms with van der Waals surface area (Å²) >= 11 is 11.8. The number of nitrogen functional groups attached to an aromatic ring is 1. The fraction of sp³-hybridized carbons (Fsp3) is 0.100. The van der Waals surface area contributed by atoms with Crippen molar-refractivity contribution in [3.05, 3.63) is 75.5 Å². The van der Waals surface area contributed by atoms with Crippen molar-refractivity contribution in [2.75, 3.05) is 11.1 Å². The summed E-state index contributed by atoms with van der Waals surface area (Å²) in [7, 11) is 0. The average Bonchev–Trinajstić information content (AvgIpc) is 3.28. The Morgan fingerprint density at radius 2 is 2.06 bits per heavy atom. The Bertz CT molecular complexity index is 1290. The van der Waals surface area contributed by atoms with Gasteiger partial charge < -0.3 is 15.5 Å². The van der Waals surface area contributed by atoms with Crippen molar-refractivity contribution in [1.29, 1.82) is 0 Å². The van der Waals surface area contributed by atoms with Crippen molar-refractivity contribution in [3.63, 3.8) is 0 Å². The summed E-state index contributed by atoms with van der Waals surface area (Å²) in [4.78, 5) is 17.0. The molecule has 11 heteroatoms. The molecular formula is C20H15Cl2FN6O2. The second kappa shape index (κ2) is 8.37. The molecule has 0 aliphatic heterocycles. The highest BCUT2D eigenvalue weighted by molar-refractivity contribution is 6.31. The van der Waals surface area contributed by atoms with Gasteiger partial charge in [0.1, 0.15) is 17.3 Å². The number of hydrogen-bond donors (Lipinski definition) is 2. The molecule has 1 amide bonds. The highest BCUT2D eigenvalue weighted by Crippen LogP contribution is 2.25. The first-order valence-corrected chi connectivity index (χ1v) is 9.75. The molecule has 3 N–H and O–H groups in total. The van der Waals surface area contributed by atoms with Gasteiger partial charge in [-0.2, -0.15) is 0 Å². The van der Waals surface area contributed by atoms with Crippen LogP contribution in [0.4, 0.5) is 15.9 Å². The number of rotatable bonds is 5. The van der Waals surface area contributed by atoms with Crippen molar-refractivity contribution in [1.82, 2.24) is 20.0 Å². The smallest absolute Gasteiger partial charge is 0.280 e. The molecule has 0 fully saturated rings. The van der Waals surface area contributed by atoms with Gasteiger partial charge in [0, 0.05) is 16.3 Å². The first-order chi connectivity index (χ1) is 14.8. The van der Waals surface area contributed by atoms with Crippen LogP contribution in [0.25, 0.3) is 11.5 Å². The Morgan fingerprint density at radius 1 is 1.26 bits per heavy atom. The third-order valence-electron chi connectivity index (χ3n) is 4.43. The van der Waals surface area contributed by atoms with Gasteiger partial charge in [0.25, 0.3) is 5.91 Å². The predicted molar refractivity (Wildman–Crippen MR) is 115 cm³/mol. The van der Waals surface area contributed by atoms with Crippen LogP contribution in [0, 0.1) is 12.7 Å². The maximum Gasteiger partial charge on any atom is 0.280 e.